The van der Waals surface area contributed by atoms with Crippen LogP contribution in [-0.4, -0.2) is 11.2 Å². The van der Waals surface area contributed by atoms with E-state index in [1.165, 1.54) is 5.56 Å². The first-order chi connectivity index (χ1) is 6.16. The van der Waals surface area contributed by atoms with Gasteiger partial charge in [0.2, 0.25) is 0 Å². The van der Waals surface area contributed by atoms with E-state index >= 15 is 0 Å². The minimum atomic E-state index is -0.493. The molecule has 2 heteroatoms. The molecule has 3 N–H and O–H groups in total. The molecule has 0 aromatic heterocycles. The standard InChI is InChI=1S/C11H17NO/c1-3-9-6-4-5-7-10(9)11(12)8(2)13/h4-8,11,13H,3,12H2,1-2H3/t8-,11+/m1/s1. The molecule has 0 saturated heterocycles. The molecule has 13 heavy (non-hydrogen) atoms. The number of benzene rings is 1. The molecule has 0 fully saturated rings. The van der Waals surface area contributed by atoms with Gasteiger partial charge < -0.3 is 10.8 Å². The first-order valence-electron chi connectivity index (χ1n) is 4.68. The first-order valence-corrected chi connectivity index (χ1v) is 4.68. The highest BCUT2D eigenvalue weighted by atomic mass is 16.3. The lowest BCUT2D eigenvalue weighted by Crippen LogP contribution is -2.24. The lowest BCUT2D eigenvalue weighted by atomic mass is 9.96. The Kier molecular flexibility index (Phi) is 3.46. The smallest absolute Gasteiger partial charge is 0.0704 e. The molecule has 1 aromatic carbocycles. The van der Waals surface area contributed by atoms with Gasteiger partial charge in [0.1, 0.15) is 0 Å². The second-order valence-electron chi connectivity index (χ2n) is 3.32. The molecule has 0 saturated carbocycles. The zero-order chi connectivity index (χ0) is 9.84. The molecule has 72 valence electrons. The van der Waals surface area contributed by atoms with E-state index in [2.05, 4.69) is 13.0 Å². The predicted octanol–water partition coefficient (Wildman–Crippen LogP) is 1.63. The summed E-state index contributed by atoms with van der Waals surface area (Å²) in [5.74, 6) is 0. The molecule has 0 unspecified atom stereocenters. The van der Waals surface area contributed by atoms with Gasteiger partial charge in [-0.1, -0.05) is 31.2 Å². The van der Waals surface area contributed by atoms with Crippen molar-refractivity contribution in [3.05, 3.63) is 35.4 Å². The third-order valence-electron chi connectivity index (χ3n) is 2.31. The SMILES string of the molecule is CCc1ccccc1[C@@H](N)[C@@H](C)O. The molecular formula is C11H17NO. The van der Waals surface area contributed by atoms with Crippen LogP contribution in [-0.2, 0) is 6.42 Å². The average molecular weight is 179 g/mol. The Labute approximate surface area is 79.4 Å². The summed E-state index contributed by atoms with van der Waals surface area (Å²) < 4.78 is 0. The lowest BCUT2D eigenvalue weighted by Gasteiger charge is -2.18. The van der Waals surface area contributed by atoms with Crippen LogP contribution in [0.5, 0.6) is 0 Å². The van der Waals surface area contributed by atoms with Crippen LogP contribution in [0.15, 0.2) is 24.3 Å². The molecule has 1 aromatic rings. The van der Waals surface area contributed by atoms with Crippen LogP contribution in [0.1, 0.15) is 31.0 Å². The molecule has 2 atom stereocenters. The Morgan fingerprint density at radius 1 is 1.38 bits per heavy atom. The van der Waals surface area contributed by atoms with Crippen LogP contribution in [0.3, 0.4) is 0 Å². The average Bonchev–Trinajstić information content (AvgIpc) is 2.16. The van der Waals surface area contributed by atoms with E-state index in [9.17, 15) is 5.11 Å². The quantitative estimate of drug-likeness (QED) is 0.740. The number of aryl methyl sites for hydroxylation is 1. The molecule has 0 aliphatic heterocycles. The molecule has 0 radical (unpaired) electrons. The molecule has 0 amide bonds. The van der Waals surface area contributed by atoms with E-state index in [0.717, 1.165) is 12.0 Å². The van der Waals surface area contributed by atoms with Crippen LogP contribution in [0.2, 0.25) is 0 Å². The van der Waals surface area contributed by atoms with Crippen molar-refractivity contribution in [1.29, 1.82) is 0 Å². The molecular weight excluding hydrogens is 162 g/mol. The van der Waals surface area contributed by atoms with Gasteiger partial charge in [0.25, 0.3) is 0 Å². The summed E-state index contributed by atoms with van der Waals surface area (Å²) in [4.78, 5) is 0. The van der Waals surface area contributed by atoms with E-state index in [-0.39, 0.29) is 6.04 Å². The highest BCUT2D eigenvalue weighted by Crippen LogP contribution is 2.19. The zero-order valence-corrected chi connectivity index (χ0v) is 8.20. The van der Waals surface area contributed by atoms with Gasteiger partial charge >= 0.3 is 0 Å². The van der Waals surface area contributed by atoms with Crippen molar-refractivity contribution in [2.45, 2.75) is 32.4 Å². The Morgan fingerprint density at radius 3 is 2.54 bits per heavy atom. The molecule has 0 aliphatic rings. The fourth-order valence-corrected chi connectivity index (χ4v) is 1.44. The van der Waals surface area contributed by atoms with E-state index in [4.69, 9.17) is 5.73 Å². The first kappa shape index (κ1) is 10.2. The van der Waals surface area contributed by atoms with E-state index in [0.29, 0.717) is 0 Å². The topological polar surface area (TPSA) is 46.2 Å². The Hall–Kier alpha value is -0.860. The second kappa shape index (κ2) is 4.40. The van der Waals surface area contributed by atoms with Crippen molar-refractivity contribution in [3.8, 4) is 0 Å². The summed E-state index contributed by atoms with van der Waals surface area (Å²) in [6.45, 7) is 3.81. The van der Waals surface area contributed by atoms with Crippen molar-refractivity contribution in [1.82, 2.24) is 0 Å². The highest BCUT2D eigenvalue weighted by Gasteiger charge is 2.13. The van der Waals surface area contributed by atoms with Gasteiger partial charge in [-0.15, -0.1) is 0 Å². The number of aliphatic hydroxyl groups is 1. The summed E-state index contributed by atoms with van der Waals surface area (Å²) in [6, 6.07) is 7.72. The van der Waals surface area contributed by atoms with Gasteiger partial charge in [0.05, 0.1) is 12.1 Å². The summed E-state index contributed by atoms with van der Waals surface area (Å²) >= 11 is 0. The van der Waals surface area contributed by atoms with Crippen molar-refractivity contribution < 1.29 is 5.11 Å². The van der Waals surface area contributed by atoms with Crippen LogP contribution in [0.4, 0.5) is 0 Å². The molecule has 0 aliphatic carbocycles. The van der Waals surface area contributed by atoms with Crippen molar-refractivity contribution in [2.24, 2.45) is 5.73 Å². The second-order valence-corrected chi connectivity index (χ2v) is 3.32. The minimum absolute atomic E-state index is 0.267. The largest absolute Gasteiger partial charge is 0.391 e. The minimum Gasteiger partial charge on any atom is -0.391 e. The summed E-state index contributed by atoms with van der Waals surface area (Å²) in [5, 5.41) is 9.37. The molecule has 1 rings (SSSR count). The van der Waals surface area contributed by atoms with Crippen molar-refractivity contribution >= 4 is 0 Å². The van der Waals surface area contributed by atoms with Gasteiger partial charge in [-0.05, 0) is 24.5 Å². The summed E-state index contributed by atoms with van der Waals surface area (Å²) in [5.41, 5.74) is 8.14. The summed E-state index contributed by atoms with van der Waals surface area (Å²) in [6.07, 6.45) is 0.462. The van der Waals surface area contributed by atoms with Crippen LogP contribution in [0, 0.1) is 0 Å². The summed E-state index contributed by atoms with van der Waals surface area (Å²) in [7, 11) is 0. The van der Waals surface area contributed by atoms with Crippen LogP contribution < -0.4 is 5.73 Å². The maximum Gasteiger partial charge on any atom is 0.0704 e. The highest BCUT2D eigenvalue weighted by molar-refractivity contribution is 5.30. The predicted molar refractivity (Wildman–Crippen MR) is 54.4 cm³/mol. The fraction of sp³-hybridized carbons (Fsp3) is 0.455. The van der Waals surface area contributed by atoms with Crippen LogP contribution in [0.25, 0.3) is 0 Å². The third kappa shape index (κ3) is 2.29. The van der Waals surface area contributed by atoms with Gasteiger partial charge in [-0.25, -0.2) is 0 Å². The fourth-order valence-electron chi connectivity index (χ4n) is 1.44. The van der Waals surface area contributed by atoms with Crippen molar-refractivity contribution in [3.63, 3.8) is 0 Å². The monoisotopic (exact) mass is 179 g/mol. The number of nitrogens with two attached hydrogens (primary N) is 1. The Morgan fingerprint density at radius 2 is 2.00 bits per heavy atom. The zero-order valence-electron chi connectivity index (χ0n) is 8.20. The van der Waals surface area contributed by atoms with Gasteiger partial charge in [0.15, 0.2) is 0 Å². The van der Waals surface area contributed by atoms with E-state index in [1.807, 2.05) is 18.2 Å². The lowest BCUT2D eigenvalue weighted by molar-refractivity contribution is 0.164. The van der Waals surface area contributed by atoms with Gasteiger partial charge in [-0.3, -0.25) is 0 Å². The van der Waals surface area contributed by atoms with Crippen molar-refractivity contribution in [2.75, 3.05) is 0 Å². The number of hydrogen-bond donors (Lipinski definition) is 2. The number of rotatable bonds is 3. The van der Waals surface area contributed by atoms with Crippen LogP contribution >= 0.6 is 0 Å². The Bertz CT molecular complexity index is 271. The Balaban J connectivity index is 2.98. The third-order valence-corrected chi connectivity index (χ3v) is 2.31. The normalized spacial score (nSPS) is 15.4. The maximum absolute atomic E-state index is 9.37. The number of aliphatic hydroxyl groups excluding tert-OH is 1. The van der Waals surface area contributed by atoms with Gasteiger partial charge in [-0.2, -0.15) is 0 Å². The molecule has 0 spiro atoms. The molecule has 0 heterocycles. The molecule has 0 bridgehead atoms. The van der Waals surface area contributed by atoms with E-state index < -0.39 is 6.10 Å². The number of hydrogen-bond acceptors (Lipinski definition) is 2. The van der Waals surface area contributed by atoms with E-state index in [1.54, 1.807) is 6.92 Å². The molecule has 2 nitrogen and oxygen atoms in total. The maximum atomic E-state index is 9.37. The van der Waals surface area contributed by atoms with Gasteiger partial charge in [0, 0.05) is 0 Å².